The van der Waals surface area contributed by atoms with Crippen molar-refractivity contribution in [1.82, 2.24) is 5.43 Å². The SMILES string of the molecule is CN=C(/C=C(/C)C(C)NN)OC1=C(F)C(C)CC=C1. The van der Waals surface area contributed by atoms with Gasteiger partial charge in [-0.15, -0.1) is 0 Å². The van der Waals surface area contributed by atoms with Crippen molar-refractivity contribution in [3.8, 4) is 0 Å². The molecule has 0 fully saturated rings. The Balaban J connectivity index is 2.85. The monoisotopic (exact) mass is 267 g/mol. The molecule has 2 unspecified atom stereocenters. The number of hydrogen-bond acceptors (Lipinski definition) is 4. The summed E-state index contributed by atoms with van der Waals surface area (Å²) in [4.78, 5) is 4.01. The standard InChI is InChI=1S/C14H22FN3O/c1-9-6-5-7-12(14(9)15)19-13(17-4)8-10(2)11(3)18-16/h5,7-9,11,18H,6,16H2,1-4H3/b10-8-,17-13?. The molecule has 1 aliphatic rings. The molecule has 0 aromatic rings. The van der Waals surface area contributed by atoms with Gasteiger partial charge < -0.3 is 4.74 Å². The van der Waals surface area contributed by atoms with Crippen molar-refractivity contribution >= 4 is 5.90 Å². The number of halogens is 1. The Morgan fingerprint density at radius 3 is 2.95 bits per heavy atom. The molecule has 0 aromatic carbocycles. The smallest absolute Gasteiger partial charge is 0.214 e. The fourth-order valence-corrected chi connectivity index (χ4v) is 1.59. The highest BCUT2D eigenvalue weighted by Gasteiger charge is 2.18. The Labute approximate surface area is 113 Å². The molecule has 0 spiro atoms. The highest BCUT2D eigenvalue weighted by atomic mass is 19.1. The van der Waals surface area contributed by atoms with Crippen molar-refractivity contribution in [2.24, 2.45) is 16.8 Å². The van der Waals surface area contributed by atoms with E-state index in [9.17, 15) is 4.39 Å². The van der Waals surface area contributed by atoms with Crippen LogP contribution in [0.3, 0.4) is 0 Å². The molecule has 0 heterocycles. The van der Waals surface area contributed by atoms with Crippen LogP contribution in [-0.4, -0.2) is 19.0 Å². The van der Waals surface area contributed by atoms with E-state index in [0.717, 1.165) is 5.57 Å². The van der Waals surface area contributed by atoms with Gasteiger partial charge in [-0.1, -0.05) is 18.6 Å². The largest absolute Gasteiger partial charge is 0.437 e. The Hall–Kier alpha value is -1.46. The van der Waals surface area contributed by atoms with E-state index in [-0.39, 0.29) is 23.5 Å². The van der Waals surface area contributed by atoms with E-state index in [2.05, 4.69) is 10.4 Å². The van der Waals surface area contributed by atoms with Gasteiger partial charge >= 0.3 is 0 Å². The number of hydrazine groups is 1. The normalized spacial score (nSPS) is 22.7. The van der Waals surface area contributed by atoms with Gasteiger partial charge in [0, 0.05) is 25.1 Å². The van der Waals surface area contributed by atoms with Gasteiger partial charge in [-0.05, 0) is 26.3 Å². The van der Waals surface area contributed by atoms with Crippen molar-refractivity contribution in [1.29, 1.82) is 0 Å². The van der Waals surface area contributed by atoms with Crippen molar-refractivity contribution < 1.29 is 9.13 Å². The molecule has 0 amide bonds. The minimum Gasteiger partial charge on any atom is -0.437 e. The summed E-state index contributed by atoms with van der Waals surface area (Å²) in [7, 11) is 1.61. The third kappa shape index (κ3) is 4.29. The number of rotatable bonds is 4. The van der Waals surface area contributed by atoms with Crippen LogP contribution in [0.4, 0.5) is 4.39 Å². The van der Waals surface area contributed by atoms with Crippen LogP contribution >= 0.6 is 0 Å². The van der Waals surface area contributed by atoms with Gasteiger partial charge in [-0.25, -0.2) is 4.39 Å². The van der Waals surface area contributed by atoms with Gasteiger partial charge in [0.15, 0.2) is 5.76 Å². The second-order valence-corrected chi connectivity index (χ2v) is 4.69. The summed E-state index contributed by atoms with van der Waals surface area (Å²) in [6, 6.07) is -0.00000178. The van der Waals surface area contributed by atoms with Crippen LogP contribution in [0, 0.1) is 5.92 Å². The molecule has 0 saturated heterocycles. The topological polar surface area (TPSA) is 59.6 Å². The molecule has 1 aliphatic carbocycles. The van der Waals surface area contributed by atoms with E-state index in [0.29, 0.717) is 12.3 Å². The predicted octanol–water partition coefficient (Wildman–Crippen LogP) is 2.61. The summed E-state index contributed by atoms with van der Waals surface area (Å²) in [6.07, 6.45) is 5.99. The summed E-state index contributed by atoms with van der Waals surface area (Å²) < 4.78 is 19.4. The average Bonchev–Trinajstić information content (AvgIpc) is 2.41. The molecule has 5 heteroatoms. The minimum absolute atomic E-state index is 0.00000178. The molecule has 1 rings (SSSR count). The van der Waals surface area contributed by atoms with Crippen LogP contribution in [0.15, 0.2) is 40.4 Å². The van der Waals surface area contributed by atoms with Crippen LogP contribution in [0.2, 0.25) is 0 Å². The number of nitrogens with one attached hydrogen (secondary N) is 1. The number of nitrogens with two attached hydrogens (primary N) is 1. The van der Waals surface area contributed by atoms with E-state index in [1.807, 2.05) is 26.8 Å². The van der Waals surface area contributed by atoms with Crippen molar-refractivity contribution in [2.45, 2.75) is 33.2 Å². The zero-order chi connectivity index (χ0) is 14.4. The molecular weight excluding hydrogens is 245 g/mol. The maximum atomic E-state index is 13.9. The summed E-state index contributed by atoms with van der Waals surface area (Å²) >= 11 is 0. The van der Waals surface area contributed by atoms with Gasteiger partial charge in [-0.2, -0.15) is 0 Å². The molecule has 0 radical (unpaired) electrons. The molecule has 2 atom stereocenters. The highest BCUT2D eigenvalue weighted by molar-refractivity contribution is 5.89. The van der Waals surface area contributed by atoms with Crippen molar-refractivity contribution in [2.75, 3.05) is 7.05 Å². The van der Waals surface area contributed by atoms with Gasteiger partial charge in [0.2, 0.25) is 5.90 Å². The van der Waals surface area contributed by atoms with Crippen LogP contribution in [0.25, 0.3) is 0 Å². The number of hydrogen-bond donors (Lipinski definition) is 2. The molecule has 0 aromatic heterocycles. The van der Waals surface area contributed by atoms with Gasteiger partial charge in [0.05, 0.1) is 0 Å². The van der Waals surface area contributed by atoms with E-state index in [1.54, 1.807) is 19.2 Å². The summed E-state index contributed by atoms with van der Waals surface area (Å²) in [6.45, 7) is 5.65. The van der Waals surface area contributed by atoms with E-state index in [4.69, 9.17) is 10.6 Å². The second-order valence-electron chi connectivity index (χ2n) is 4.69. The van der Waals surface area contributed by atoms with E-state index < -0.39 is 0 Å². The summed E-state index contributed by atoms with van der Waals surface area (Å²) in [5.41, 5.74) is 3.59. The predicted molar refractivity (Wildman–Crippen MR) is 76.0 cm³/mol. The second kappa shape index (κ2) is 7.21. The van der Waals surface area contributed by atoms with Gasteiger partial charge in [-0.3, -0.25) is 16.3 Å². The quantitative estimate of drug-likeness (QED) is 0.356. The maximum absolute atomic E-state index is 13.9. The third-order valence-corrected chi connectivity index (χ3v) is 3.15. The Bertz CT molecular complexity index is 438. The average molecular weight is 267 g/mol. The Kier molecular flexibility index (Phi) is 5.92. The zero-order valence-electron chi connectivity index (χ0n) is 11.9. The molecule has 106 valence electrons. The number of nitrogens with zero attached hydrogens (tertiary/aromatic N) is 1. The van der Waals surface area contributed by atoms with Gasteiger partial charge in [0.25, 0.3) is 0 Å². The first-order chi connectivity index (χ1) is 8.99. The lowest BCUT2D eigenvalue weighted by molar-refractivity contribution is 0.368. The first-order valence-corrected chi connectivity index (χ1v) is 6.34. The lowest BCUT2D eigenvalue weighted by Gasteiger charge is -2.17. The number of ether oxygens (including phenoxy) is 1. The Morgan fingerprint density at radius 1 is 1.68 bits per heavy atom. The first-order valence-electron chi connectivity index (χ1n) is 6.34. The highest BCUT2D eigenvalue weighted by Crippen LogP contribution is 2.26. The Morgan fingerprint density at radius 2 is 2.37 bits per heavy atom. The lowest BCUT2D eigenvalue weighted by Crippen LogP contribution is -2.33. The zero-order valence-corrected chi connectivity index (χ0v) is 11.9. The van der Waals surface area contributed by atoms with E-state index in [1.165, 1.54) is 0 Å². The molecule has 0 saturated carbocycles. The molecule has 0 aliphatic heterocycles. The van der Waals surface area contributed by atoms with Crippen molar-refractivity contribution in [3.05, 3.63) is 35.4 Å². The minimum atomic E-state index is -0.236. The summed E-state index contributed by atoms with van der Waals surface area (Å²) in [5, 5.41) is 0. The van der Waals surface area contributed by atoms with Crippen molar-refractivity contribution in [3.63, 3.8) is 0 Å². The molecule has 19 heavy (non-hydrogen) atoms. The number of allylic oxidation sites excluding steroid dienone is 3. The maximum Gasteiger partial charge on any atom is 0.214 e. The summed E-state index contributed by atoms with van der Waals surface area (Å²) in [5.74, 6) is 5.58. The van der Waals surface area contributed by atoms with Crippen LogP contribution in [0.1, 0.15) is 27.2 Å². The third-order valence-electron chi connectivity index (χ3n) is 3.15. The van der Waals surface area contributed by atoms with E-state index >= 15 is 0 Å². The molecule has 4 nitrogen and oxygen atoms in total. The number of aliphatic imine (C=N–C) groups is 1. The first kappa shape index (κ1) is 15.6. The fraction of sp³-hybridized carbons (Fsp3) is 0.500. The fourth-order valence-electron chi connectivity index (χ4n) is 1.59. The molecular formula is C14H22FN3O. The van der Waals surface area contributed by atoms with Crippen LogP contribution in [-0.2, 0) is 4.74 Å². The molecule has 0 bridgehead atoms. The lowest BCUT2D eigenvalue weighted by atomic mass is 10.0. The van der Waals surface area contributed by atoms with Crippen LogP contribution in [0.5, 0.6) is 0 Å². The van der Waals surface area contributed by atoms with Crippen LogP contribution < -0.4 is 11.3 Å². The molecule has 3 N–H and O–H groups in total. The van der Waals surface area contributed by atoms with Gasteiger partial charge in [0.1, 0.15) is 5.83 Å².